The number of hydrogen-bond donors (Lipinski definition) is 0. The van der Waals surface area contributed by atoms with Crippen LogP contribution in [0, 0.1) is 0 Å². The van der Waals surface area contributed by atoms with Crippen LogP contribution < -0.4 is 0 Å². The lowest BCUT2D eigenvalue weighted by atomic mass is 10.00. The van der Waals surface area contributed by atoms with Gasteiger partial charge in [-0.25, -0.2) is 9.97 Å². The first-order valence-corrected chi connectivity index (χ1v) is 20.7. The molecule has 13 aromatic rings. The maximum Gasteiger partial charge on any atom is 0.160 e. The van der Waals surface area contributed by atoms with E-state index in [0.29, 0.717) is 5.82 Å². The number of para-hydroxylation sites is 5. The van der Waals surface area contributed by atoms with Crippen molar-refractivity contribution in [3.8, 4) is 45.1 Å². The average Bonchev–Trinajstić information content (AvgIpc) is 3.99. The number of furan rings is 1. The standard InChI is InChI=1S/C56H34N4O/c1-3-15-35(16-4-1)56-57-46-24-10-7-21-41(46)54(58-56)42-22-14-28-52-53(42)43-23-13-27-51(55(43)61-52)60-48-26-12-9-20-40(48)45-34-37(30-32-50(45)60)36-29-31-49-44(33-36)39-19-8-11-25-47(39)59(49)38-17-5-2-6-18-38/h1-34H. The molecule has 5 nitrogen and oxygen atoms in total. The summed E-state index contributed by atoms with van der Waals surface area (Å²) in [5.41, 5.74) is 14.6. The van der Waals surface area contributed by atoms with E-state index in [4.69, 9.17) is 14.4 Å². The highest BCUT2D eigenvalue weighted by molar-refractivity contribution is 6.18. The first-order valence-electron chi connectivity index (χ1n) is 20.7. The third-order valence-electron chi connectivity index (χ3n) is 12.3. The van der Waals surface area contributed by atoms with Crippen molar-refractivity contribution in [1.29, 1.82) is 0 Å². The predicted octanol–water partition coefficient (Wildman–Crippen LogP) is 14.7. The van der Waals surface area contributed by atoms with Crippen LogP contribution in [0.2, 0.25) is 0 Å². The molecular weight excluding hydrogens is 745 g/mol. The van der Waals surface area contributed by atoms with Crippen LogP contribution in [0.1, 0.15) is 0 Å². The monoisotopic (exact) mass is 778 g/mol. The molecule has 0 radical (unpaired) electrons. The average molecular weight is 779 g/mol. The van der Waals surface area contributed by atoms with E-state index in [1.807, 2.05) is 24.3 Å². The lowest BCUT2D eigenvalue weighted by molar-refractivity contribution is 0.666. The first-order chi connectivity index (χ1) is 30.3. The van der Waals surface area contributed by atoms with Gasteiger partial charge in [0, 0.05) is 54.5 Å². The fourth-order valence-electron chi connectivity index (χ4n) is 9.62. The normalized spacial score (nSPS) is 11.9. The minimum atomic E-state index is 0.698. The van der Waals surface area contributed by atoms with Crippen molar-refractivity contribution in [2.75, 3.05) is 0 Å². The van der Waals surface area contributed by atoms with Crippen molar-refractivity contribution in [1.82, 2.24) is 19.1 Å². The van der Waals surface area contributed by atoms with Gasteiger partial charge in [-0.3, -0.25) is 0 Å². The van der Waals surface area contributed by atoms with Gasteiger partial charge >= 0.3 is 0 Å². The van der Waals surface area contributed by atoms with Crippen LogP contribution in [-0.2, 0) is 0 Å². The number of aromatic nitrogens is 4. The second-order valence-corrected chi connectivity index (χ2v) is 15.7. The zero-order valence-corrected chi connectivity index (χ0v) is 32.8. The molecular formula is C56H34N4O. The Bertz CT molecular complexity index is 3880. The number of hydrogen-bond acceptors (Lipinski definition) is 3. The van der Waals surface area contributed by atoms with Crippen LogP contribution in [0.4, 0.5) is 0 Å². The highest BCUT2D eigenvalue weighted by atomic mass is 16.3. The Hall–Kier alpha value is -8.28. The van der Waals surface area contributed by atoms with Gasteiger partial charge in [-0.15, -0.1) is 0 Å². The van der Waals surface area contributed by atoms with Crippen molar-refractivity contribution < 1.29 is 4.42 Å². The molecule has 4 aromatic heterocycles. The number of fused-ring (bicyclic) bond motifs is 10. The Labute approximate surface area is 350 Å². The summed E-state index contributed by atoms with van der Waals surface area (Å²) in [4.78, 5) is 10.2. The van der Waals surface area contributed by atoms with Gasteiger partial charge < -0.3 is 13.6 Å². The molecule has 0 atom stereocenters. The zero-order chi connectivity index (χ0) is 40.0. The largest absolute Gasteiger partial charge is 0.454 e. The molecule has 0 amide bonds. The van der Waals surface area contributed by atoms with E-state index in [2.05, 4.69) is 191 Å². The topological polar surface area (TPSA) is 48.8 Å². The van der Waals surface area contributed by atoms with Gasteiger partial charge in [0.05, 0.1) is 39.0 Å². The minimum Gasteiger partial charge on any atom is -0.454 e. The summed E-state index contributed by atoms with van der Waals surface area (Å²) >= 11 is 0. The molecule has 0 saturated carbocycles. The second-order valence-electron chi connectivity index (χ2n) is 15.7. The Morgan fingerprint density at radius 1 is 0.377 bits per heavy atom. The third kappa shape index (κ3) is 5.08. The fourth-order valence-corrected chi connectivity index (χ4v) is 9.62. The van der Waals surface area contributed by atoms with Gasteiger partial charge in [-0.05, 0) is 77.9 Å². The van der Waals surface area contributed by atoms with E-state index in [1.165, 1.54) is 43.7 Å². The number of benzene rings is 9. The molecule has 0 N–H and O–H groups in total. The summed E-state index contributed by atoms with van der Waals surface area (Å²) in [5.74, 6) is 0.698. The van der Waals surface area contributed by atoms with Crippen molar-refractivity contribution in [3.63, 3.8) is 0 Å². The van der Waals surface area contributed by atoms with E-state index in [0.717, 1.165) is 72.1 Å². The van der Waals surface area contributed by atoms with Crippen molar-refractivity contribution in [2.24, 2.45) is 0 Å². The number of rotatable bonds is 5. The van der Waals surface area contributed by atoms with E-state index in [9.17, 15) is 0 Å². The molecule has 9 aromatic carbocycles. The van der Waals surface area contributed by atoms with E-state index < -0.39 is 0 Å². The van der Waals surface area contributed by atoms with Gasteiger partial charge in [0.15, 0.2) is 11.4 Å². The maximum atomic E-state index is 6.93. The molecule has 0 spiro atoms. The summed E-state index contributed by atoms with van der Waals surface area (Å²) < 4.78 is 11.7. The van der Waals surface area contributed by atoms with E-state index >= 15 is 0 Å². The molecule has 0 aliphatic heterocycles. The van der Waals surface area contributed by atoms with Gasteiger partial charge in [0.2, 0.25) is 0 Å². The highest BCUT2D eigenvalue weighted by Gasteiger charge is 2.22. The van der Waals surface area contributed by atoms with Crippen LogP contribution in [0.25, 0.3) is 122 Å². The maximum absolute atomic E-state index is 6.93. The van der Waals surface area contributed by atoms with Crippen LogP contribution in [0.3, 0.4) is 0 Å². The Kier molecular flexibility index (Phi) is 7.24. The summed E-state index contributed by atoms with van der Waals surface area (Å²) in [7, 11) is 0. The predicted molar refractivity (Wildman–Crippen MR) is 252 cm³/mol. The van der Waals surface area contributed by atoms with Gasteiger partial charge in [0.25, 0.3) is 0 Å². The molecule has 13 rings (SSSR count). The molecule has 0 aliphatic carbocycles. The lowest BCUT2D eigenvalue weighted by Gasteiger charge is -2.11. The van der Waals surface area contributed by atoms with Crippen LogP contribution >= 0.6 is 0 Å². The number of nitrogens with zero attached hydrogens (tertiary/aromatic N) is 4. The van der Waals surface area contributed by atoms with Crippen LogP contribution in [0.15, 0.2) is 211 Å². The molecule has 0 aliphatic rings. The van der Waals surface area contributed by atoms with Crippen LogP contribution in [-0.4, -0.2) is 19.1 Å². The third-order valence-corrected chi connectivity index (χ3v) is 12.3. The van der Waals surface area contributed by atoms with Crippen LogP contribution in [0.5, 0.6) is 0 Å². The first kappa shape index (κ1) is 33.7. The minimum absolute atomic E-state index is 0.698. The Morgan fingerprint density at radius 3 is 1.69 bits per heavy atom. The molecule has 4 heterocycles. The highest BCUT2D eigenvalue weighted by Crippen LogP contribution is 2.43. The van der Waals surface area contributed by atoms with Crippen molar-refractivity contribution in [2.45, 2.75) is 0 Å². The Morgan fingerprint density at radius 2 is 0.951 bits per heavy atom. The van der Waals surface area contributed by atoms with E-state index in [-0.39, 0.29) is 0 Å². The molecule has 5 heteroatoms. The zero-order valence-electron chi connectivity index (χ0n) is 32.8. The molecule has 284 valence electrons. The second kappa shape index (κ2) is 13.1. The molecule has 0 bridgehead atoms. The fraction of sp³-hybridized carbons (Fsp3) is 0. The van der Waals surface area contributed by atoms with Gasteiger partial charge in [0.1, 0.15) is 5.58 Å². The summed E-state index contributed by atoms with van der Waals surface area (Å²) in [6.07, 6.45) is 0. The Balaban J connectivity index is 0.997. The van der Waals surface area contributed by atoms with Crippen molar-refractivity contribution >= 4 is 76.5 Å². The quantitative estimate of drug-likeness (QED) is 0.175. The van der Waals surface area contributed by atoms with Gasteiger partial charge in [-0.1, -0.05) is 140 Å². The lowest BCUT2D eigenvalue weighted by Crippen LogP contribution is -1.95. The van der Waals surface area contributed by atoms with E-state index in [1.54, 1.807) is 0 Å². The van der Waals surface area contributed by atoms with Gasteiger partial charge in [-0.2, -0.15) is 0 Å². The summed E-state index contributed by atoms with van der Waals surface area (Å²) in [6.45, 7) is 0. The smallest absolute Gasteiger partial charge is 0.160 e. The molecule has 0 unspecified atom stereocenters. The summed E-state index contributed by atoms with van der Waals surface area (Å²) in [6, 6.07) is 73.1. The molecule has 0 saturated heterocycles. The van der Waals surface area contributed by atoms with Crippen molar-refractivity contribution in [3.05, 3.63) is 206 Å². The SMILES string of the molecule is c1ccc(-c2nc(-c3cccc4oc5c(-n6c7ccccc7c7cc(-c8ccc9c(c8)c8ccccc8n9-c8ccccc8)ccc76)cccc5c34)c3ccccc3n2)cc1. The summed E-state index contributed by atoms with van der Waals surface area (Å²) in [5, 5.41) is 7.94. The molecule has 0 fully saturated rings. The molecule has 61 heavy (non-hydrogen) atoms.